The van der Waals surface area contributed by atoms with Gasteiger partial charge in [-0.3, -0.25) is 29.3 Å². The number of hydrogen-bond acceptors (Lipinski definition) is 6. The summed E-state index contributed by atoms with van der Waals surface area (Å²) >= 11 is 0. The highest BCUT2D eigenvalue weighted by Gasteiger charge is 2.52. The van der Waals surface area contributed by atoms with Crippen LogP contribution >= 0.6 is 0 Å². The Kier molecular flexibility index (Phi) is 5.20. The lowest BCUT2D eigenvalue weighted by Gasteiger charge is -2.60. The monoisotopic (exact) mass is 446 g/mol. The van der Waals surface area contributed by atoms with Gasteiger partial charge in [0.1, 0.15) is 5.69 Å². The topological polar surface area (TPSA) is 111 Å². The maximum atomic E-state index is 12.7. The Morgan fingerprint density at radius 1 is 1.12 bits per heavy atom. The van der Waals surface area contributed by atoms with Gasteiger partial charge in [0.05, 0.1) is 16.6 Å². The van der Waals surface area contributed by atoms with E-state index in [9.17, 15) is 14.4 Å². The molecule has 2 aliphatic rings. The van der Waals surface area contributed by atoms with E-state index in [0.717, 1.165) is 54.9 Å². The van der Waals surface area contributed by atoms with Crippen LogP contribution in [0.25, 0.3) is 11.0 Å². The summed E-state index contributed by atoms with van der Waals surface area (Å²) in [6, 6.07) is 7.08. The number of amides is 2. The molecule has 2 N–H and O–H groups in total. The summed E-state index contributed by atoms with van der Waals surface area (Å²) in [6.07, 6.45) is 4.02. The molecule has 2 fully saturated rings. The number of aromatic nitrogens is 3. The van der Waals surface area contributed by atoms with Crippen LogP contribution in [0.15, 0.2) is 41.5 Å². The Hall–Kier alpha value is -3.59. The van der Waals surface area contributed by atoms with Gasteiger partial charge in [0.25, 0.3) is 17.4 Å². The minimum Gasteiger partial charge on any atom is -0.354 e. The number of nitrogens with zero attached hydrogens (tertiary/aromatic N) is 4. The number of nitrogens with one attached hydrogen (secondary N) is 2. The summed E-state index contributed by atoms with van der Waals surface area (Å²) in [5, 5.41) is 2.52. The van der Waals surface area contributed by atoms with Crippen LogP contribution in [0.2, 0.25) is 0 Å². The third-order valence-electron chi connectivity index (χ3n) is 6.54. The highest BCUT2D eigenvalue weighted by Crippen LogP contribution is 2.40. The van der Waals surface area contributed by atoms with Gasteiger partial charge in [-0.1, -0.05) is 6.92 Å². The summed E-state index contributed by atoms with van der Waals surface area (Å²) in [7, 11) is 1.55. The van der Waals surface area contributed by atoms with Crippen LogP contribution in [0.3, 0.4) is 0 Å². The molecule has 9 nitrogen and oxygen atoms in total. The van der Waals surface area contributed by atoms with Crippen molar-refractivity contribution in [3.8, 4) is 0 Å². The van der Waals surface area contributed by atoms with E-state index >= 15 is 0 Å². The highest BCUT2D eigenvalue weighted by atomic mass is 16.2. The van der Waals surface area contributed by atoms with Crippen LogP contribution in [-0.4, -0.2) is 69.8 Å². The van der Waals surface area contributed by atoms with Crippen LogP contribution in [0.1, 0.15) is 38.9 Å². The normalized spacial score (nSPS) is 17.0. The molecule has 0 aliphatic carbocycles. The van der Waals surface area contributed by atoms with Crippen molar-refractivity contribution >= 4 is 22.8 Å². The molecule has 170 valence electrons. The standard InChI is InChI=1S/C24H26N6O3/c1-3-16-7-19-20(28-21(16)31)6-15(8-26-19)10-29-11-24(12-29)13-30(14-24)23(33)17-4-5-18(27-9-17)22(32)25-2/h4-9H,3,10-14H2,1-2H3,(H,25,32)(H,28,31). The second kappa shape index (κ2) is 8.08. The molecule has 0 unspecified atom stereocenters. The van der Waals surface area contributed by atoms with Crippen molar-refractivity contribution in [2.45, 2.75) is 19.9 Å². The lowest BCUT2D eigenvalue weighted by molar-refractivity contribution is -0.102. The third-order valence-corrected chi connectivity index (χ3v) is 6.54. The number of carbonyl (C=O) groups excluding carboxylic acids is 2. The largest absolute Gasteiger partial charge is 0.354 e. The van der Waals surface area contributed by atoms with Crippen molar-refractivity contribution in [2.24, 2.45) is 5.41 Å². The highest BCUT2D eigenvalue weighted by molar-refractivity contribution is 5.96. The van der Waals surface area contributed by atoms with Crippen LogP contribution in [0.4, 0.5) is 0 Å². The molecule has 2 saturated heterocycles. The van der Waals surface area contributed by atoms with E-state index in [-0.39, 0.29) is 22.8 Å². The molecule has 0 bridgehead atoms. The van der Waals surface area contributed by atoms with Crippen molar-refractivity contribution in [1.82, 2.24) is 30.1 Å². The zero-order valence-electron chi connectivity index (χ0n) is 18.7. The molecule has 0 atom stereocenters. The summed E-state index contributed by atoms with van der Waals surface area (Å²) in [5.41, 5.74) is 4.27. The quantitative estimate of drug-likeness (QED) is 0.609. The smallest absolute Gasteiger partial charge is 0.269 e. The Bertz CT molecular complexity index is 1290. The van der Waals surface area contributed by atoms with Crippen molar-refractivity contribution in [3.63, 3.8) is 0 Å². The molecular formula is C24H26N6O3. The van der Waals surface area contributed by atoms with Crippen LogP contribution in [0.5, 0.6) is 0 Å². The predicted molar refractivity (Wildman–Crippen MR) is 123 cm³/mol. The van der Waals surface area contributed by atoms with E-state index in [1.54, 1.807) is 19.2 Å². The van der Waals surface area contributed by atoms with Gasteiger partial charge >= 0.3 is 0 Å². The van der Waals surface area contributed by atoms with E-state index in [0.29, 0.717) is 17.7 Å². The number of carbonyl (C=O) groups is 2. The molecule has 0 aromatic carbocycles. The Balaban J connectivity index is 1.16. The van der Waals surface area contributed by atoms with Gasteiger partial charge in [-0.15, -0.1) is 0 Å². The molecule has 3 aromatic heterocycles. The summed E-state index contributed by atoms with van der Waals surface area (Å²) < 4.78 is 0. The molecule has 0 saturated carbocycles. The lowest BCUT2D eigenvalue weighted by Crippen LogP contribution is -2.72. The second-order valence-corrected chi connectivity index (χ2v) is 9.07. The summed E-state index contributed by atoms with van der Waals surface area (Å²) in [5.74, 6) is -0.325. The van der Waals surface area contributed by atoms with Crippen LogP contribution in [-0.2, 0) is 13.0 Å². The third kappa shape index (κ3) is 3.89. The number of hydrogen-bond donors (Lipinski definition) is 2. The molecule has 33 heavy (non-hydrogen) atoms. The molecular weight excluding hydrogens is 420 g/mol. The average molecular weight is 447 g/mol. The van der Waals surface area contributed by atoms with Gasteiger partial charge in [-0.25, -0.2) is 0 Å². The molecule has 0 radical (unpaired) electrons. The molecule has 2 aliphatic heterocycles. The minimum absolute atomic E-state index is 0.0513. The Labute approximate surface area is 190 Å². The molecule has 2 amide bonds. The number of pyridine rings is 3. The van der Waals surface area contributed by atoms with Crippen molar-refractivity contribution in [3.05, 3.63) is 69.4 Å². The van der Waals surface area contributed by atoms with Gasteiger partial charge in [0.15, 0.2) is 0 Å². The Morgan fingerprint density at radius 3 is 2.58 bits per heavy atom. The van der Waals surface area contributed by atoms with E-state index in [1.165, 1.54) is 6.20 Å². The molecule has 5 rings (SSSR count). The fourth-order valence-electron chi connectivity index (χ4n) is 4.86. The fourth-order valence-corrected chi connectivity index (χ4v) is 4.86. The van der Waals surface area contributed by atoms with Gasteiger partial charge in [0.2, 0.25) is 0 Å². The minimum atomic E-state index is -0.273. The van der Waals surface area contributed by atoms with Gasteiger partial charge in [0, 0.05) is 63.1 Å². The molecule has 1 spiro atoms. The number of aromatic amines is 1. The second-order valence-electron chi connectivity index (χ2n) is 9.07. The maximum absolute atomic E-state index is 12.7. The molecule has 5 heterocycles. The number of fused-ring (bicyclic) bond motifs is 1. The van der Waals surface area contributed by atoms with E-state index in [4.69, 9.17) is 0 Å². The number of likely N-dealkylation sites (tertiary alicyclic amines) is 2. The summed E-state index contributed by atoms with van der Waals surface area (Å²) in [4.78, 5) is 52.1. The zero-order chi connectivity index (χ0) is 23.2. The van der Waals surface area contributed by atoms with Gasteiger partial charge in [-0.2, -0.15) is 0 Å². The van der Waals surface area contributed by atoms with E-state index in [2.05, 4.69) is 25.2 Å². The first-order valence-corrected chi connectivity index (χ1v) is 11.1. The molecule has 3 aromatic rings. The van der Waals surface area contributed by atoms with E-state index < -0.39 is 0 Å². The van der Waals surface area contributed by atoms with E-state index in [1.807, 2.05) is 30.2 Å². The first-order valence-electron chi connectivity index (χ1n) is 11.1. The lowest BCUT2D eigenvalue weighted by atomic mass is 9.72. The summed E-state index contributed by atoms with van der Waals surface area (Å²) in [6.45, 7) is 6.02. The van der Waals surface area contributed by atoms with Gasteiger partial charge in [-0.05, 0) is 36.2 Å². The average Bonchev–Trinajstić information content (AvgIpc) is 2.78. The van der Waals surface area contributed by atoms with Gasteiger partial charge < -0.3 is 15.2 Å². The first kappa shape index (κ1) is 21.3. The van der Waals surface area contributed by atoms with Crippen molar-refractivity contribution < 1.29 is 9.59 Å². The Morgan fingerprint density at radius 2 is 1.91 bits per heavy atom. The molecule has 9 heteroatoms. The number of rotatable bonds is 5. The first-order chi connectivity index (χ1) is 15.9. The van der Waals surface area contributed by atoms with Crippen molar-refractivity contribution in [1.29, 1.82) is 0 Å². The van der Waals surface area contributed by atoms with Crippen molar-refractivity contribution in [2.75, 3.05) is 33.2 Å². The number of H-pyrrole nitrogens is 1. The SMILES string of the molecule is CCc1cc2ncc(CN3CC4(C3)CN(C(=O)c3ccc(C(=O)NC)nc3)C4)cc2[nH]c1=O. The van der Waals surface area contributed by atoms with Crippen LogP contribution in [0, 0.1) is 5.41 Å². The fraction of sp³-hybridized carbons (Fsp3) is 0.375. The zero-order valence-corrected chi connectivity index (χ0v) is 18.7. The number of aryl methyl sites for hydroxylation is 1. The predicted octanol–water partition coefficient (Wildman–Crippen LogP) is 1.20. The maximum Gasteiger partial charge on any atom is 0.269 e. The van der Waals surface area contributed by atoms with Crippen LogP contribution < -0.4 is 10.9 Å².